The average Bonchev–Trinajstić information content (AvgIpc) is 2.42. The van der Waals surface area contributed by atoms with Crippen molar-refractivity contribution in [1.29, 1.82) is 0 Å². The van der Waals surface area contributed by atoms with E-state index < -0.39 is 10.9 Å². The number of anilines is 1. The zero-order valence-corrected chi connectivity index (χ0v) is 12.1. The summed E-state index contributed by atoms with van der Waals surface area (Å²) in [6.45, 7) is 1.88. The van der Waals surface area contributed by atoms with Gasteiger partial charge in [0.15, 0.2) is 5.44 Å². The van der Waals surface area contributed by atoms with Gasteiger partial charge in [-0.2, -0.15) is 0 Å². The topological polar surface area (TPSA) is 95.5 Å². The van der Waals surface area contributed by atoms with Gasteiger partial charge in [-0.3, -0.25) is 10.1 Å². The Bertz CT molecular complexity index is 531. The molecule has 2 N–H and O–H groups in total. The SMILES string of the molecule is C/C=C\CC(OC(=O)c1cc(N)cc([N+](=O)[O-])c1)SC. The van der Waals surface area contributed by atoms with Crippen LogP contribution in [0.2, 0.25) is 0 Å². The number of nitro groups is 1. The predicted octanol–water partition coefficient (Wildman–Crippen LogP) is 2.99. The van der Waals surface area contributed by atoms with Crippen LogP contribution in [0.1, 0.15) is 23.7 Å². The van der Waals surface area contributed by atoms with Gasteiger partial charge < -0.3 is 10.5 Å². The molecule has 0 aliphatic rings. The Morgan fingerprint density at radius 2 is 2.25 bits per heavy atom. The Morgan fingerprint density at radius 3 is 2.80 bits per heavy atom. The van der Waals surface area contributed by atoms with E-state index in [9.17, 15) is 14.9 Å². The first kappa shape index (κ1) is 16.0. The van der Waals surface area contributed by atoms with Crippen molar-refractivity contribution in [3.63, 3.8) is 0 Å². The second-order valence-electron chi connectivity index (χ2n) is 3.95. The lowest BCUT2D eigenvalue weighted by Gasteiger charge is -2.13. The fourth-order valence-corrected chi connectivity index (χ4v) is 1.97. The third-order valence-corrected chi connectivity index (χ3v) is 3.27. The molecule has 7 heteroatoms. The van der Waals surface area contributed by atoms with Crippen LogP contribution in [0.3, 0.4) is 0 Å². The second-order valence-corrected chi connectivity index (χ2v) is 4.94. The molecule has 1 unspecified atom stereocenters. The fraction of sp³-hybridized carbons (Fsp3) is 0.308. The van der Waals surface area contributed by atoms with Gasteiger partial charge in [0.1, 0.15) is 0 Å². The molecular formula is C13H16N2O4S. The van der Waals surface area contributed by atoms with Crippen molar-refractivity contribution in [2.24, 2.45) is 0 Å². The minimum Gasteiger partial charge on any atom is -0.447 e. The zero-order chi connectivity index (χ0) is 15.1. The molecule has 20 heavy (non-hydrogen) atoms. The number of esters is 1. The van der Waals surface area contributed by atoms with Gasteiger partial charge in [-0.1, -0.05) is 12.2 Å². The summed E-state index contributed by atoms with van der Waals surface area (Å²) in [4.78, 5) is 22.1. The van der Waals surface area contributed by atoms with Crippen molar-refractivity contribution >= 4 is 29.1 Å². The zero-order valence-electron chi connectivity index (χ0n) is 11.2. The number of benzene rings is 1. The molecule has 108 valence electrons. The van der Waals surface area contributed by atoms with Crippen LogP contribution in [-0.2, 0) is 4.74 Å². The van der Waals surface area contributed by atoms with Gasteiger partial charge in [-0.05, 0) is 19.2 Å². The molecule has 1 aromatic carbocycles. The Hall–Kier alpha value is -2.02. The monoisotopic (exact) mass is 296 g/mol. The van der Waals surface area contributed by atoms with E-state index >= 15 is 0 Å². The van der Waals surface area contributed by atoms with E-state index in [4.69, 9.17) is 10.5 Å². The normalized spacial score (nSPS) is 12.3. The minimum absolute atomic E-state index is 0.0798. The van der Waals surface area contributed by atoms with E-state index in [1.54, 1.807) is 0 Å². The van der Waals surface area contributed by atoms with E-state index in [0.29, 0.717) is 6.42 Å². The summed E-state index contributed by atoms with van der Waals surface area (Å²) in [7, 11) is 0. The molecular weight excluding hydrogens is 280 g/mol. The van der Waals surface area contributed by atoms with Gasteiger partial charge in [-0.15, -0.1) is 11.8 Å². The summed E-state index contributed by atoms with van der Waals surface area (Å²) in [5, 5.41) is 10.7. The Kier molecular flexibility index (Phi) is 6.05. The lowest BCUT2D eigenvalue weighted by Crippen LogP contribution is -2.14. The Balaban J connectivity index is 2.88. The number of non-ortho nitro benzene ring substituents is 1. The fourth-order valence-electron chi connectivity index (χ4n) is 1.48. The van der Waals surface area contributed by atoms with Crippen LogP contribution < -0.4 is 5.73 Å². The number of ether oxygens (including phenoxy) is 1. The maximum Gasteiger partial charge on any atom is 0.339 e. The van der Waals surface area contributed by atoms with E-state index in [1.807, 2.05) is 25.3 Å². The van der Waals surface area contributed by atoms with Crippen LogP contribution in [0.5, 0.6) is 0 Å². The molecule has 6 nitrogen and oxygen atoms in total. The second kappa shape index (κ2) is 7.54. The molecule has 0 aliphatic heterocycles. The molecule has 0 amide bonds. The summed E-state index contributed by atoms with van der Waals surface area (Å²) in [6, 6.07) is 3.72. The molecule has 0 aromatic heterocycles. The molecule has 0 radical (unpaired) electrons. The van der Waals surface area contributed by atoms with Crippen molar-refractivity contribution in [2.75, 3.05) is 12.0 Å². The number of nitrogens with two attached hydrogens (primary N) is 1. The smallest absolute Gasteiger partial charge is 0.339 e. The predicted molar refractivity (Wildman–Crippen MR) is 79.7 cm³/mol. The number of allylic oxidation sites excluding steroid dienone is 1. The van der Waals surface area contributed by atoms with Gasteiger partial charge in [-0.25, -0.2) is 4.79 Å². The van der Waals surface area contributed by atoms with Gasteiger partial charge in [0.05, 0.1) is 10.5 Å². The van der Waals surface area contributed by atoms with Crippen molar-refractivity contribution in [2.45, 2.75) is 18.8 Å². The summed E-state index contributed by atoms with van der Waals surface area (Å²) in [6.07, 6.45) is 6.15. The highest BCUT2D eigenvalue weighted by molar-refractivity contribution is 7.99. The van der Waals surface area contributed by atoms with Crippen molar-refractivity contribution in [3.8, 4) is 0 Å². The number of carbonyl (C=O) groups excluding carboxylic acids is 1. The average molecular weight is 296 g/mol. The molecule has 0 bridgehead atoms. The lowest BCUT2D eigenvalue weighted by atomic mass is 10.2. The number of nitro benzene ring substituents is 1. The third-order valence-electron chi connectivity index (χ3n) is 2.45. The van der Waals surface area contributed by atoms with E-state index in [-0.39, 0.29) is 22.4 Å². The molecule has 1 aromatic rings. The first-order valence-corrected chi connectivity index (χ1v) is 7.16. The molecule has 0 saturated heterocycles. The maximum atomic E-state index is 12.0. The van der Waals surface area contributed by atoms with Crippen molar-refractivity contribution in [1.82, 2.24) is 0 Å². The van der Waals surface area contributed by atoms with E-state index in [2.05, 4.69) is 0 Å². The highest BCUT2D eigenvalue weighted by Gasteiger charge is 2.18. The highest BCUT2D eigenvalue weighted by Crippen LogP contribution is 2.21. The van der Waals surface area contributed by atoms with Gasteiger partial charge in [0.2, 0.25) is 0 Å². The van der Waals surface area contributed by atoms with Gasteiger partial charge in [0.25, 0.3) is 5.69 Å². The first-order chi connectivity index (χ1) is 9.47. The maximum absolute atomic E-state index is 12.0. The van der Waals surface area contributed by atoms with Crippen LogP contribution in [0, 0.1) is 10.1 Å². The van der Waals surface area contributed by atoms with Gasteiger partial charge >= 0.3 is 5.97 Å². The third kappa shape index (κ3) is 4.58. The van der Waals surface area contributed by atoms with Gasteiger partial charge in [0, 0.05) is 24.2 Å². The number of nitrogen functional groups attached to an aromatic ring is 1. The number of hydrogen-bond donors (Lipinski definition) is 1. The number of hydrogen-bond acceptors (Lipinski definition) is 6. The molecule has 1 atom stereocenters. The largest absolute Gasteiger partial charge is 0.447 e. The summed E-state index contributed by atoms with van der Waals surface area (Å²) >= 11 is 1.39. The van der Waals surface area contributed by atoms with E-state index in [0.717, 1.165) is 6.07 Å². The van der Waals surface area contributed by atoms with Crippen LogP contribution in [-0.4, -0.2) is 22.6 Å². The quantitative estimate of drug-likeness (QED) is 0.216. The number of thioether (sulfide) groups is 1. The molecule has 0 spiro atoms. The van der Waals surface area contributed by atoms with Crippen LogP contribution in [0.25, 0.3) is 0 Å². The standard InChI is InChI=1S/C13H16N2O4S/c1-3-4-5-12(20-2)19-13(16)9-6-10(14)8-11(7-9)15(17)18/h3-4,6-8,12H,5,14H2,1-2H3/b4-3-. The molecule has 0 saturated carbocycles. The highest BCUT2D eigenvalue weighted by atomic mass is 32.2. The summed E-state index contributed by atoms with van der Waals surface area (Å²) in [5.41, 5.74) is 5.22. The summed E-state index contributed by atoms with van der Waals surface area (Å²) in [5.74, 6) is -0.621. The van der Waals surface area contributed by atoms with Crippen LogP contribution >= 0.6 is 11.8 Å². The van der Waals surface area contributed by atoms with E-state index in [1.165, 1.54) is 23.9 Å². The minimum atomic E-state index is -0.621. The van der Waals surface area contributed by atoms with Crippen molar-refractivity contribution in [3.05, 3.63) is 46.0 Å². The first-order valence-electron chi connectivity index (χ1n) is 5.87. The molecule has 0 fully saturated rings. The van der Waals surface area contributed by atoms with Crippen molar-refractivity contribution < 1.29 is 14.5 Å². The van der Waals surface area contributed by atoms with Crippen LogP contribution in [0.15, 0.2) is 30.4 Å². The number of rotatable bonds is 6. The summed E-state index contributed by atoms with van der Waals surface area (Å²) < 4.78 is 5.27. The number of nitrogens with zero attached hydrogens (tertiary/aromatic N) is 1. The van der Waals surface area contributed by atoms with Crippen LogP contribution in [0.4, 0.5) is 11.4 Å². The molecule has 0 aliphatic carbocycles. The lowest BCUT2D eigenvalue weighted by molar-refractivity contribution is -0.384. The Labute approximate surface area is 121 Å². The molecule has 0 heterocycles. The number of carbonyl (C=O) groups is 1. The molecule has 1 rings (SSSR count). The Morgan fingerprint density at radius 1 is 1.55 bits per heavy atom.